The van der Waals surface area contributed by atoms with Gasteiger partial charge >= 0.3 is 0 Å². The summed E-state index contributed by atoms with van der Waals surface area (Å²) in [5, 5.41) is 4.04. The van der Waals surface area contributed by atoms with Gasteiger partial charge in [0.15, 0.2) is 5.65 Å². The summed E-state index contributed by atoms with van der Waals surface area (Å²) >= 11 is 0. The molecule has 0 bridgehead atoms. The minimum atomic E-state index is -2.98. The van der Waals surface area contributed by atoms with Gasteiger partial charge in [0.25, 0.3) is 0 Å². The van der Waals surface area contributed by atoms with Crippen LogP contribution in [0.2, 0.25) is 6.55 Å². The van der Waals surface area contributed by atoms with Gasteiger partial charge < -0.3 is 9.53 Å². The van der Waals surface area contributed by atoms with Crippen molar-refractivity contribution in [2.45, 2.75) is 52.0 Å². The zero-order chi connectivity index (χ0) is 29.4. The Morgan fingerprint density at radius 3 is 2.42 bits per heavy atom. The molecule has 220 valence electrons. The summed E-state index contributed by atoms with van der Waals surface area (Å²) < 4.78 is 8.49. The molecular weight excluding hydrogens is 730 g/mol. The Hall–Kier alpha value is -3.57. The molecule has 0 spiro atoms. The van der Waals surface area contributed by atoms with E-state index in [4.69, 9.17) is 14.7 Å². The first-order valence-electron chi connectivity index (χ1n) is 14.4. The molecule has 1 unspecified atom stereocenters. The van der Waals surface area contributed by atoms with Crippen LogP contribution in [0.1, 0.15) is 51.3 Å². The summed E-state index contributed by atoms with van der Waals surface area (Å²) in [5.74, 6) is 1.83. The van der Waals surface area contributed by atoms with Gasteiger partial charge in [0.1, 0.15) is 5.82 Å². The number of hydrogen-bond acceptors (Lipinski definition) is 4. The third-order valence-corrected chi connectivity index (χ3v) is 11.6. The second-order valence-electron chi connectivity index (χ2n) is 13.0. The molecule has 0 aliphatic carbocycles. The molecule has 0 saturated carbocycles. The smallest absolute Gasteiger partial charge is 0.225 e. The summed E-state index contributed by atoms with van der Waals surface area (Å²) in [6, 6.07) is 32.2. The van der Waals surface area contributed by atoms with Crippen LogP contribution < -0.4 is 15.1 Å². The van der Waals surface area contributed by atoms with Crippen molar-refractivity contribution in [3.05, 3.63) is 114 Å². The maximum absolute atomic E-state index is 11.9. The number of aromatic nitrogens is 3. The molecule has 3 aromatic heterocycles. The minimum Gasteiger partial charge on any atom is -0.466 e. The largest absolute Gasteiger partial charge is 0.466 e. The predicted molar refractivity (Wildman–Crippen MR) is 172 cm³/mol. The molecule has 0 fully saturated rings. The number of rotatable bonds is 3. The van der Waals surface area contributed by atoms with Crippen LogP contribution in [0.4, 0.5) is 0 Å². The minimum absolute atomic E-state index is 0. The zero-order valence-electron chi connectivity index (χ0n) is 25.2. The fourth-order valence-corrected chi connectivity index (χ4v) is 9.30. The van der Waals surface area contributed by atoms with Crippen molar-refractivity contribution in [3.8, 4) is 17.4 Å². The standard InChI is InChI=1S/C36H34N3O2Si.Pt/c1-35(2,3)23-19-20-37-32(21-23)39-29-13-9-7-11-25(29)26-16-18-33(38-34(26)39)41-24-15-17-28-31(22-24)42(6,40)30-14-10-8-12-27(30)36(28,4)5;/h7-21,40H,1-6H3;/q-1;. The number of fused-ring (bicyclic) bond motifs is 5. The van der Waals surface area contributed by atoms with E-state index in [-0.39, 0.29) is 31.9 Å². The Kier molecular flexibility index (Phi) is 7.04. The average molecular weight is 764 g/mol. The predicted octanol–water partition coefficient (Wildman–Crippen LogP) is 6.78. The van der Waals surface area contributed by atoms with E-state index in [1.165, 1.54) is 11.1 Å². The van der Waals surface area contributed by atoms with Crippen molar-refractivity contribution in [1.82, 2.24) is 14.5 Å². The molecule has 4 heterocycles. The molecule has 7 heteroatoms. The Morgan fingerprint density at radius 1 is 0.884 bits per heavy atom. The number of benzene rings is 3. The Morgan fingerprint density at radius 2 is 1.63 bits per heavy atom. The first-order chi connectivity index (χ1) is 20.0. The van der Waals surface area contributed by atoms with Crippen LogP contribution in [0, 0.1) is 6.07 Å². The van der Waals surface area contributed by atoms with Crippen LogP contribution in [0.25, 0.3) is 27.8 Å². The monoisotopic (exact) mass is 763 g/mol. The van der Waals surface area contributed by atoms with E-state index in [1.54, 1.807) is 0 Å². The van der Waals surface area contributed by atoms with Gasteiger partial charge in [-0.25, -0.2) is 4.98 Å². The molecule has 0 amide bonds. The Bertz CT molecular complexity index is 2020. The molecule has 1 N–H and O–H groups in total. The van der Waals surface area contributed by atoms with E-state index in [1.807, 2.05) is 49.1 Å². The molecule has 0 saturated heterocycles. The summed E-state index contributed by atoms with van der Waals surface area (Å²) in [5.41, 5.74) is 5.04. The quantitative estimate of drug-likeness (QED) is 0.160. The van der Waals surface area contributed by atoms with Gasteiger partial charge in [0.05, 0.1) is 5.52 Å². The summed E-state index contributed by atoms with van der Waals surface area (Å²) in [6.07, 6.45) is 1.87. The van der Waals surface area contributed by atoms with Crippen LogP contribution in [0.3, 0.4) is 0 Å². The number of nitrogens with zero attached hydrogens (tertiary/aromatic N) is 3. The van der Waals surface area contributed by atoms with Gasteiger partial charge in [0.2, 0.25) is 14.2 Å². The maximum Gasteiger partial charge on any atom is 0.225 e. The maximum atomic E-state index is 11.9. The van der Waals surface area contributed by atoms with Gasteiger partial charge in [-0.05, 0) is 58.0 Å². The van der Waals surface area contributed by atoms with Crippen molar-refractivity contribution in [3.63, 3.8) is 0 Å². The zero-order valence-corrected chi connectivity index (χ0v) is 28.4. The van der Waals surface area contributed by atoms with E-state index in [0.717, 1.165) is 43.7 Å². The topological polar surface area (TPSA) is 60.2 Å². The van der Waals surface area contributed by atoms with E-state index in [9.17, 15) is 4.80 Å². The van der Waals surface area contributed by atoms with Crippen molar-refractivity contribution < 1.29 is 30.6 Å². The van der Waals surface area contributed by atoms with Gasteiger partial charge in [-0.15, -0.1) is 22.9 Å². The van der Waals surface area contributed by atoms with E-state index >= 15 is 0 Å². The second kappa shape index (κ2) is 10.3. The third kappa shape index (κ3) is 4.68. The molecule has 1 aliphatic rings. The van der Waals surface area contributed by atoms with Crippen molar-refractivity contribution >= 4 is 40.6 Å². The van der Waals surface area contributed by atoms with Gasteiger partial charge in [-0.2, -0.15) is 11.1 Å². The summed E-state index contributed by atoms with van der Waals surface area (Å²) in [7, 11) is -2.98. The molecule has 0 radical (unpaired) electrons. The van der Waals surface area contributed by atoms with Gasteiger partial charge in [0, 0.05) is 49.9 Å². The molecule has 6 aromatic rings. The number of pyridine rings is 2. The van der Waals surface area contributed by atoms with E-state index in [2.05, 4.69) is 93.8 Å². The summed E-state index contributed by atoms with van der Waals surface area (Å²) in [4.78, 5) is 21.7. The normalized spacial score (nSPS) is 17.3. The van der Waals surface area contributed by atoms with E-state index < -0.39 is 8.32 Å². The molecule has 1 atom stereocenters. The molecular formula is C36H34N3O2PtSi-. The molecule has 1 aliphatic heterocycles. The number of ether oxygens (including phenoxy) is 1. The van der Waals surface area contributed by atoms with Crippen LogP contribution in [0.5, 0.6) is 11.6 Å². The first-order valence-corrected chi connectivity index (χ1v) is 16.9. The van der Waals surface area contributed by atoms with Crippen molar-refractivity contribution in [2.75, 3.05) is 0 Å². The van der Waals surface area contributed by atoms with Crippen LogP contribution in [-0.2, 0) is 31.9 Å². The fourth-order valence-electron chi connectivity index (χ4n) is 6.40. The Labute approximate surface area is 268 Å². The van der Waals surface area contributed by atoms with E-state index in [0.29, 0.717) is 11.6 Å². The van der Waals surface area contributed by atoms with Crippen LogP contribution >= 0.6 is 0 Å². The molecule has 5 nitrogen and oxygen atoms in total. The number of hydrogen-bond donors (Lipinski definition) is 1. The van der Waals surface area contributed by atoms with Crippen molar-refractivity contribution in [1.29, 1.82) is 0 Å². The summed E-state index contributed by atoms with van der Waals surface area (Å²) in [6.45, 7) is 13.0. The Balaban J connectivity index is 0.00000329. The first kappa shape index (κ1) is 29.5. The van der Waals surface area contributed by atoms with Crippen molar-refractivity contribution in [2.24, 2.45) is 0 Å². The van der Waals surface area contributed by atoms with Gasteiger partial charge in [-0.3, -0.25) is 4.57 Å². The molecule has 7 rings (SSSR count). The fraction of sp³-hybridized carbons (Fsp3) is 0.222. The second-order valence-corrected chi connectivity index (χ2v) is 16.2. The van der Waals surface area contributed by atoms with Crippen LogP contribution in [-0.4, -0.2) is 27.6 Å². The molecule has 43 heavy (non-hydrogen) atoms. The third-order valence-electron chi connectivity index (χ3n) is 8.76. The molecule has 3 aromatic carbocycles. The van der Waals surface area contributed by atoms with Crippen LogP contribution in [0.15, 0.2) is 91.1 Å². The average Bonchev–Trinajstić information content (AvgIpc) is 3.30. The van der Waals surface area contributed by atoms with Gasteiger partial charge in [-0.1, -0.05) is 77.1 Å². The SMILES string of the molecule is CC(C)(C)c1ccnc(-n2c3ccccc3c3ccc(Oc4[c-]c5c(cc4)C(C)(C)c4ccccc4[Si]5(C)O)nc32)c1.[Pt]. The number of para-hydroxylation sites is 1.